The highest BCUT2D eigenvalue weighted by Crippen LogP contribution is 2.36. The zero-order chi connectivity index (χ0) is 16.7. The van der Waals surface area contributed by atoms with E-state index in [9.17, 15) is 8.60 Å². The molecule has 3 aromatic rings. The van der Waals surface area contributed by atoms with Crippen LogP contribution in [0.1, 0.15) is 0 Å². The van der Waals surface area contributed by atoms with E-state index in [4.69, 9.17) is 4.74 Å². The van der Waals surface area contributed by atoms with Gasteiger partial charge in [0, 0.05) is 23.4 Å². The summed E-state index contributed by atoms with van der Waals surface area (Å²) in [5.74, 6) is 1.06. The summed E-state index contributed by atoms with van der Waals surface area (Å²) in [5.41, 5.74) is 3.40. The summed E-state index contributed by atoms with van der Waals surface area (Å²) >= 11 is 0. The van der Waals surface area contributed by atoms with Gasteiger partial charge in [-0.2, -0.15) is 0 Å². The van der Waals surface area contributed by atoms with E-state index in [0.29, 0.717) is 17.5 Å². The Morgan fingerprint density at radius 2 is 1.75 bits per heavy atom. The Morgan fingerprint density at radius 1 is 1.08 bits per heavy atom. The fourth-order valence-corrected chi connectivity index (χ4v) is 4.08. The summed E-state index contributed by atoms with van der Waals surface area (Å²) in [6, 6.07) is 13.9. The van der Waals surface area contributed by atoms with Crippen LogP contribution >= 0.6 is 0 Å². The van der Waals surface area contributed by atoms with Gasteiger partial charge in [-0.05, 0) is 48.5 Å². The van der Waals surface area contributed by atoms with Crippen LogP contribution in [0, 0.1) is 5.82 Å². The van der Waals surface area contributed by atoms with Crippen LogP contribution in [0.2, 0.25) is 0 Å². The third kappa shape index (κ3) is 2.43. The Balaban J connectivity index is 1.91. The lowest BCUT2D eigenvalue weighted by Gasteiger charge is -2.09. The van der Waals surface area contributed by atoms with Crippen molar-refractivity contribution < 1.29 is 13.3 Å². The van der Waals surface area contributed by atoms with Crippen molar-refractivity contribution in [1.29, 1.82) is 0 Å². The summed E-state index contributed by atoms with van der Waals surface area (Å²) in [7, 11) is 0.532. The Morgan fingerprint density at radius 3 is 2.42 bits per heavy atom. The highest BCUT2D eigenvalue weighted by Gasteiger charge is 2.27. The van der Waals surface area contributed by atoms with Crippen molar-refractivity contribution in [3.05, 3.63) is 54.3 Å². The van der Waals surface area contributed by atoms with E-state index in [1.165, 1.54) is 12.1 Å². The van der Waals surface area contributed by atoms with Crippen LogP contribution in [-0.4, -0.2) is 26.6 Å². The van der Waals surface area contributed by atoms with Crippen LogP contribution in [0.3, 0.4) is 0 Å². The first-order valence-corrected chi connectivity index (χ1v) is 8.88. The smallest absolute Gasteiger partial charge is 0.200 e. The highest BCUT2D eigenvalue weighted by molar-refractivity contribution is 7.85. The Kier molecular flexibility index (Phi) is 3.69. The van der Waals surface area contributed by atoms with E-state index in [0.717, 1.165) is 28.3 Å². The van der Waals surface area contributed by atoms with Gasteiger partial charge < -0.3 is 9.30 Å². The number of hydrogen-bond donors (Lipinski definition) is 0. The monoisotopic (exact) mass is 342 g/mol. The molecule has 1 unspecified atom stereocenters. The van der Waals surface area contributed by atoms with Gasteiger partial charge in [0.2, 0.25) is 0 Å². The SMILES string of the molecule is COc1ccc(-c2c(-c3ccc(F)cc3)nc3n2CCS3=O)cc1. The molecule has 6 heteroatoms. The van der Waals surface area contributed by atoms with E-state index in [-0.39, 0.29) is 5.82 Å². The standard InChI is InChI=1S/C18H15FN2O2S/c1-23-15-8-4-13(5-9-15)17-16(12-2-6-14(19)7-3-12)20-18-21(17)10-11-24(18)22/h2-9H,10-11H2,1H3. The van der Waals surface area contributed by atoms with Gasteiger partial charge in [-0.3, -0.25) is 4.21 Å². The largest absolute Gasteiger partial charge is 0.497 e. The van der Waals surface area contributed by atoms with Crippen LogP contribution in [0.25, 0.3) is 22.5 Å². The third-order valence-corrected chi connectivity index (χ3v) is 5.39. The number of nitrogens with zero attached hydrogens (tertiary/aromatic N) is 2. The molecule has 24 heavy (non-hydrogen) atoms. The Labute approximate surface area is 141 Å². The minimum Gasteiger partial charge on any atom is -0.497 e. The van der Waals surface area contributed by atoms with E-state index < -0.39 is 10.8 Å². The number of methoxy groups -OCH3 is 1. The topological polar surface area (TPSA) is 44.1 Å². The second-order valence-corrected chi connectivity index (χ2v) is 6.99. The molecule has 2 heterocycles. The van der Waals surface area contributed by atoms with Crippen LogP contribution < -0.4 is 4.74 Å². The van der Waals surface area contributed by atoms with Crippen molar-refractivity contribution >= 4 is 10.8 Å². The zero-order valence-electron chi connectivity index (χ0n) is 13.0. The number of imidazole rings is 1. The van der Waals surface area contributed by atoms with Crippen molar-refractivity contribution in [2.24, 2.45) is 0 Å². The van der Waals surface area contributed by atoms with Gasteiger partial charge in [0.1, 0.15) is 11.6 Å². The van der Waals surface area contributed by atoms with Gasteiger partial charge in [0.25, 0.3) is 0 Å². The second kappa shape index (κ2) is 5.87. The van der Waals surface area contributed by atoms with Gasteiger partial charge in [-0.25, -0.2) is 9.37 Å². The first kappa shape index (κ1) is 15.1. The normalized spacial score (nSPS) is 16.2. The molecule has 0 bridgehead atoms. The zero-order valence-corrected chi connectivity index (χ0v) is 13.8. The predicted octanol–water partition coefficient (Wildman–Crippen LogP) is 3.49. The lowest BCUT2D eigenvalue weighted by Crippen LogP contribution is -1.98. The maximum Gasteiger partial charge on any atom is 0.200 e. The third-order valence-electron chi connectivity index (χ3n) is 4.12. The molecule has 0 aliphatic carbocycles. The van der Waals surface area contributed by atoms with Gasteiger partial charge in [0.05, 0.1) is 29.3 Å². The number of rotatable bonds is 3. The molecule has 0 saturated carbocycles. The van der Waals surface area contributed by atoms with Gasteiger partial charge in [-0.15, -0.1) is 0 Å². The number of fused-ring (bicyclic) bond motifs is 1. The first-order chi connectivity index (χ1) is 11.7. The van der Waals surface area contributed by atoms with Crippen molar-refractivity contribution in [2.45, 2.75) is 11.7 Å². The molecule has 2 aromatic carbocycles. The molecule has 122 valence electrons. The fourth-order valence-electron chi connectivity index (χ4n) is 2.93. The number of halogens is 1. The van der Waals surface area contributed by atoms with E-state index in [1.807, 2.05) is 28.8 Å². The van der Waals surface area contributed by atoms with E-state index >= 15 is 0 Å². The minimum atomic E-state index is -1.09. The maximum atomic E-state index is 13.2. The number of ether oxygens (including phenoxy) is 1. The van der Waals surface area contributed by atoms with Crippen molar-refractivity contribution in [3.8, 4) is 28.3 Å². The molecule has 4 rings (SSSR count). The number of aromatic nitrogens is 2. The van der Waals surface area contributed by atoms with Crippen LogP contribution in [0.4, 0.5) is 4.39 Å². The molecule has 0 fully saturated rings. The molecular formula is C18H15FN2O2S. The van der Waals surface area contributed by atoms with Crippen molar-refractivity contribution in [1.82, 2.24) is 9.55 Å². The average Bonchev–Trinajstić information content (AvgIpc) is 3.16. The summed E-state index contributed by atoms with van der Waals surface area (Å²) in [6.45, 7) is 0.664. The molecule has 0 N–H and O–H groups in total. The van der Waals surface area contributed by atoms with Crippen LogP contribution in [0.5, 0.6) is 5.75 Å². The second-order valence-electron chi connectivity index (χ2n) is 5.53. The van der Waals surface area contributed by atoms with Gasteiger partial charge in [0.15, 0.2) is 5.16 Å². The molecule has 1 aliphatic rings. The van der Waals surface area contributed by atoms with E-state index in [2.05, 4.69) is 4.98 Å². The summed E-state index contributed by atoms with van der Waals surface area (Å²) < 4.78 is 32.6. The Bertz CT molecular complexity index is 917. The van der Waals surface area contributed by atoms with Crippen LogP contribution in [0.15, 0.2) is 53.7 Å². The Hall–Kier alpha value is -2.47. The van der Waals surface area contributed by atoms with Gasteiger partial charge >= 0.3 is 0 Å². The van der Waals surface area contributed by atoms with E-state index in [1.54, 1.807) is 19.2 Å². The van der Waals surface area contributed by atoms with Crippen molar-refractivity contribution in [3.63, 3.8) is 0 Å². The molecule has 1 atom stereocenters. The molecule has 0 saturated heterocycles. The summed E-state index contributed by atoms with van der Waals surface area (Å²) in [4.78, 5) is 4.60. The molecule has 0 radical (unpaired) electrons. The van der Waals surface area contributed by atoms with Crippen LogP contribution in [-0.2, 0) is 17.3 Å². The minimum absolute atomic E-state index is 0.292. The summed E-state index contributed by atoms with van der Waals surface area (Å²) in [5, 5.41) is 0.583. The van der Waals surface area contributed by atoms with Gasteiger partial charge in [-0.1, -0.05) is 0 Å². The summed E-state index contributed by atoms with van der Waals surface area (Å²) in [6.07, 6.45) is 0. The predicted molar refractivity (Wildman–Crippen MR) is 90.9 cm³/mol. The fraction of sp³-hybridized carbons (Fsp3) is 0.167. The number of benzene rings is 2. The molecule has 1 aliphatic heterocycles. The number of hydrogen-bond acceptors (Lipinski definition) is 3. The van der Waals surface area contributed by atoms with Crippen molar-refractivity contribution in [2.75, 3.05) is 12.9 Å². The molecule has 0 spiro atoms. The molecular weight excluding hydrogens is 327 g/mol. The quantitative estimate of drug-likeness (QED) is 0.732. The first-order valence-electron chi connectivity index (χ1n) is 7.56. The lowest BCUT2D eigenvalue weighted by molar-refractivity contribution is 0.415. The average molecular weight is 342 g/mol. The molecule has 4 nitrogen and oxygen atoms in total. The lowest BCUT2D eigenvalue weighted by atomic mass is 10.0. The maximum absolute atomic E-state index is 13.2. The highest BCUT2D eigenvalue weighted by atomic mass is 32.2. The molecule has 0 amide bonds. The molecule has 1 aromatic heterocycles.